The molecule has 0 radical (unpaired) electrons. The van der Waals surface area contributed by atoms with E-state index in [1.165, 1.54) is 32.1 Å². The van der Waals surface area contributed by atoms with E-state index in [0.717, 1.165) is 30.9 Å². The molecule has 0 spiro atoms. The summed E-state index contributed by atoms with van der Waals surface area (Å²) in [5, 5.41) is 0. The number of hydrogen-bond acceptors (Lipinski definition) is 2. The van der Waals surface area contributed by atoms with Crippen molar-refractivity contribution in [1.29, 1.82) is 0 Å². The highest BCUT2D eigenvalue weighted by Gasteiger charge is 2.32. The molecule has 17 heavy (non-hydrogen) atoms. The quantitative estimate of drug-likeness (QED) is 0.771. The second-order valence-electron chi connectivity index (χ2n) is 6.67. The van der Waals surface area contributed by atoms with Crippen molar-refractivity contribution in [2.75, 3.05) is 13.2 Å². The molecule has 2 N–H and O–H groups in total. The summed E-state index contributed by atoms with van der Waals surface area (Å²) in [5.41, 5.74) is 5.86. The predicted molar refractivity (Wildman–Crippen MR) is 74.0 cm³/mol. The summed E-state index contributed by atoms with van der Waals surface area (Å²) < 4.78 is 5.82. The molecule has 1 aliphatic heterocycles. The smallest absolute Gasteiger partial charge is 0.0629 e. The van der Waals surface area contributed by atoms with Crippen LogP contribution in [0.25, 0.3) is 0 Å². The fourth-order valence-electron chi connectivity index (χ4n) is 3.06. The van der Waals surface area contributed by atoms with Gasteiger partial charge in [0.25, 0.3) is 0 Å². The van der Waals surface area contributed by atoms with E-state index in [4.69, 9.17) is 10.5 Å². The Hall–Kier alpha value is -0.0800. The van der Waals surface area contributed by atoms with E-state index >= 15 is 0 Å². The van der Waals surface area contributed by atoms with Gasteiger partial charge in [-0.1, -0.05) is 20.3 Å². The summed E-state index contributed by atoms with van der Waals surface area (Å²) in [6.07, 6.45) is 6.30. The zero-order valence-electron chi connectivity index (χ0n) is 12.2. The zero-order valence-corrected chi connectivity index (χ0v) is 12.2. The first kappa shape index (κ1) is 15.0. The molecule has 1 fully saturated rings. The van der Waals surface area contributed by atoms with E-state index < -0.39 is 0 Å². The SMILES string of the molecule is CC(C)CC[C@@H](CCN)[C@@H]1CCOC(C)(C)C1. The molecule has 102 valence electrons. The van der Waals surface area contributed by atoms with Crippen molar-refractivity contribution in [3.05, 3.63) is 0 Å². The summed E-state index contributed by atoms with van der Waals surface area (Å²) in [5.74, 6) is 2.44. The highest BCUT2D eigenvalue weighted by Crippen LogP contribution is 2.36. The Bertz CT molecular complexity index is 213. The third-order valence-electron chi connectivity index (χ3n) is 4.05. The van der Waals surface area contributed by atoms with Crippen LogP contribution in [0.5, 0.6) is 0 Å². The Morgan fingerprint density at radius 2 is 1.94 bits per heavy atom. The topological polar surface area (TPSA) is 35.2 Å². The van der Waals surface area contributed by atoms with Gasteiger partial charge in [0.15, 0.2) is 0 Å². The van der Waals surface area contributed by atoms with Gasteiger partial charge in [0.05, 0.1) is 5.60 Å². The van der Waals surface area contributed by atoms with Crippen molar-refractivity contribution in [3.63, 3.8) is 0 Å². The van der Waals surface area contributed by atoms with Crippen LogP contribution < -0.4 is 5.73 Å². The molecule has 2 heteroatoms. The summed E-state index contributed by atoms with van der Waals surface area (Å²) in [4.78, 5) is 0. The van der Waals surface area contributed by atoms with E-state index in [2.05, 4.69) is 27.7 Å². The van der Waals surface area contributed by atoms with Gasteiger partial charge in [-0.2, -0.15) is 0 Å². The normalized spacial score (nSPS) is 26.1. The Morgan fingerprint density at radius 3 is 2.47 bits per heavy atom. The number of ether oxygens (including phenoxy) is 1. The van der Waals surface area contributed by atoms with Gasteiger partial charge in [-0.3, -0.25) is 0 Å². The molecule has 0 aromatic heterocycles. The van der Waals surface area contributed by atoms with Crippen molar-refractivity contribution in [2.45, 2.75) is 65.4 Å². The molecule has 2 atom stereocenters. The van der Waals surface area contributed by atoms with E-state index in [1.54, 1.807) is 0 Å². The van der Waals surface area contributed by atoms with Gasteiger partial charge in [0.1, 0.15) is 0 Å². The van der Waals surface area contributed by atoms with Crippen LogP contribution in [0.4, 0.5) is 0 Å². The van der Waals surface area contributed by atoms with E-state index in [9.17, 15) is 0 Å². The average Bonchev–Trinajstić information content (AvgIpc) is 2.22. The first-order valence-corrected chi connectivity index (χ1v) is 7.28. The minimum Gasteiger partial charge on any atom is -0.376 e. The summed E-state index contributed by atoms with van der Waals surface area (Å²) in [6.45, 7) is 10.8. The monoisotopic (exact) mass is 241 g/mol. The van der Waals surface area contributed by atoms with Crippen LogP contribution in [0, 0.1) is 17.8 Å². The fourth-order valence-corrected chi connectivity index (χ4v) is 3.06. The molecule has 0 bridgehead atoms. The second kappa shape index (κ2) is 6.75. The van der Waals surface area contributed by atoms with Gasteiger partial charge in [-0.05, 0) is 63.8 Å². The molecule has 0 unspecified atom stereocenters. The van der Waals surface area contributed by atoms with Crippen LogP contribution in [0.3, 0.4) is 0 Å². The molecular formula is C15H31NO. The van der Waals surface area contributed by atoms with Crippen molar-refractivity contribution in [3.8, 4) is 0 Å². The van der Waals surface area contributed by atoms with Gasteiger partial charge >= 0.3 is 0 Å². The van der Waals surface area contributed by atoms with Crippen LogP contribution >= 0.6 is 0 Å². The largest absolute Gasteiger partial charge is 0.376 e. The van der Waals surface area contributed by atoms with Gasteiger partial charge in [0, 0.05) is 6.61 Å². The summed E-state index contributed by atoms with van der Waals surface area (Å²) >= 11 is 0. The van der Waals surface area contributed by atoms with Crippen LogP contribution in [0.2, 0.25) is 0 Å². The first-order chi connectivity index (χ1) is 7.94. The van der Waals surface area contributed by atoms with E-state index in [0.29, 0.717) is 0 Å². The molecule has 0 aromatic rings. The van der Waals surface area contributed by atoms with Crippen molar-refractivity contribution in [1.82, 2.24) is 0 Å². The van der Waals surface area contributed by atoms with Crippen LogP contribution in [0.15, 0.2) is 0 Å². The highest BCUT2D eigenvalue weighted by atomic mass is 16.5. The molecule has 1 heterocycles. The zero-order chi connectivity index (χ0) is 12.9. The van der Waals surface area contributed by atoms with E-state index in [-0.39, 0.29) is 5.60 Å². The van der Waals surface area contributed by atoms with E-state index in [1.807, 2.05) is 0 Å². The molecule has 2 nitrogen and oxygen atoms in total. The average molecular weight is 241 g/mol. The van der Waals surface area contributed by atoms with Crippen molar-refractivity contribution >= 4 is 0 Å². The number of nitrogens with two attached hydrogens (primary N) is 1. The molecule has 0 aromatic carbocycles. The third-order valence-corrected chi connectivity index (χ3v) is 4.05. The summed E-state index contributed by atoms with van der Waals surface area (Å²) in [7, 11) is 0. The number of rotatable bonds is 6. The molecule has 1 rings (SSSR count). The minimum absolute atomic E-state index is 0.0770. The Morgan fingerprint density at radius 1 is 1.24 bits per heavy atom. The lowest BCUT2D eigenvalue weighted by molar-refractivity contribution is -0.0838. The fraction of sp³-hybridized carbons (Fsp3) is 1.00. The Labute approximate surface area is 107 Å². The van der Waals surface area contributed by atoms with Crippen LogP contribution in [-0.2, 0) is 4.74 Å². The van der Waals surface area contributed by atoms with Gasteiger partial charge in [-0.25, -0.2) is 0 Å². The van der Waals surface area contributed by atoms with Crippen molar-refractivity contribution in [2.24, 2.45) is 23.5 Å². The lowest BCUT2D eigenvalue weighted by Gasteiger charge is -2.39. The summed E-state index contributed by atoms with van der Waals surface area (Å²) in [6, 6.07) is 0. The Kier molecular flexibility index (Phi) is 5.94. The molecule has 0 amide bonds. The molecule has 0 aliphatic carbocycles. The van der Waals surface area contributed by atoms with Crippen LogP contribution in [0.1, 0.15) is 59.8 Å². The maximum atomic E-state index is 5.82. The molecule has 0 saturated carbocycles. The Balaban J connectivity index is 2.50. The second-order valence-corrected chi connectivity index (χ2v) is 6.67. The van der Waals surface area contributed by atoms with Crippen LogP contribution in [-0.4, -0.2) is 18.8 Å². The van der Waals surface area contributed by atoms with Crippen molar-refractivity contribution < 1.29 is 4.74 Å². The van der Waals surface area contributed by atoms with Gasteiger partial charge < -0.3 is 10.5 Å². The maximum absolute atomic E-state index is 5.82. The van der Waals surface area contributed by atoms with Gasteiger partial charge in [0.2, 0.25) is 0 Å². The molecular weight excluding hydrogens is 210 g/mol. The molecule has 1 aliphatic rings. The van der Waals surface area contributed by atoms with Gasteiger partial charge in [-0.15, -0.1) is 0 Å². The third kappa shape index (κ3) is 5.39. The standard InChI is InChI=1S/C15H31NO/c1-12(2)5-6-13(7-9-16)14-8-10-17-15(3,4)11-14/h12-14H,5-11,16H2,1-4H3/t13-,14+/m0/s1. The first-order valence-electron chi connectivity index (χ1n) is 7.28. The minimum atomic E-state index is 0.0770. The highest BCUT2D eigenvalue weighted by molar-refractivity contribution is 4.83. The predicted octanol–water partition coefficient (Wildman–Crippen LogP) is 3.59. The maximum Gasteiger partial charge on any atom is 0.0629 e. The molecule has 1 saturated heterocycles. The number of hydrogen-bond donors (Lipinski definition) is 1. The lowest BCUT2D eigenvalue weighted by Crippen LogP contribution is -2.37. The lowest BCUT2D eigenvalue weighted by atomic mass is 9.76.